The number of carbonyl (C=O) groups is 2. The monoisotopic (exact) mass is 605 g/mol. The van der Waals surface area contributed by atoms with Crippen molar-refractivity contribution in [2.75, 3.05) is 49.5 Å². The van der Waals surface area contributed by atoms with Crippen molar-refractivity contribution in [1.82, 2.24) is 10.2 Å². The van der Waals surface area contributed by atoms with Gasteiger partial charge in [0.05, 0.1) is 23.5 Å². The van der Waals surface area contributed by atoms with Crippen LogP contribution in [0, 0.1) is 11.6 Å². The van der Waals surface area contributed by atoms with E-state index < -0.39 is 99.5 Å². The fraction of sp³-hybridized carbons (Fsp3) is 0.391. The van der Waals surface area contributed by atoms with Crippen LogP contribution in [0.1, 0.15) is 15.2 Å². The fourth-order valence-corrected chi connectivity index (χ4v) is 4.21. The van der Waals surface area contributed by atoms with Crippen molar-refractivity contribution in [2.45, 2.75) is 18.0 Å². The normalized spacial score (nSPS) is 18.6. The van der Waals surface area contributed by atoms with E-state index in [1.54, 1.807) is 0 Å². The van der Waals surface area contributed by atoms with E-state index in [2.05, 4.69) is 5.32 Å². The molecule has 0 aliphatic carbocycles. The van der Waals surface area contributed by atoms with Crippen molar-refractivity contribution < 1.29 is 58.7 Å². The van der Waals surface area contributed by atoms with Gasteiger partial charge >= 0.3 is 24.5 Å². The third kappa shape index (κ3) is 5.60. The van der Waals surface area contributed by atoms with Crippen molar-refractivity contribution in [1.29, 1.82) is 0 Å². The van der Waals surface area contributed by atoms with Crippen LogP contribution in [0.15, 0.2) is 24.3 Å². The van der Waals surface area contributed by atoms with Gasteiger partial charge in [0.15, 0.2) is 11.6 Å². The summed E-state index contributed by atoms with van der Waals surface area (Å²) in [5.74, 6) is -4.90. The van der Waals surface area contributed by atoms with Crippen molar-refractivity contribution in [3.05, 3.63) is 52.0 Å². The Morgan fingerprint density at radius 3 is 2.40 bits per heavy atom. The molecule has 0 spiro atoms. The summed E-state index contributed by atoms with van der Waals surface area (Å²) >= 11 is 5.45. The van der Waals surface area contributed by atoms with Crippen LogP contribution in [0.25, 0.3) is 0 Å². The highest BCUT2D eigenvalue weighted by atomic mass is 35.5. The lowest BCUT2D eigenvalue weighted by Gasteiger charge is -2.40. The summed E-state index contributed by atoms with van der Waals surface area (Å²) in [7, 11) is 0. The molecule has 2 aliphatic heterocycles. The fourth-order valence-electron chi connectivity index (χ4n) is 4.05. The Hall–Kier alpha value is -3.37. The van der Waals surface area contributed by atoms with Crippen LogP contribution in [-0.2, 0) is 12.4 Å². The second-order valence-electron chi connectivity index (χ2n) is 8.95. The van der Waals surface area contributed by atoms with Crippen LogP contribution in [0.5, 0.6) is 5.75 Å². The maximum absolute atomic E-state index is 14.7. The predicted octanol–water partition coefficient (Wildman–Crippen LogP) is 4.87. The van der Waals surface area contributed by atoms with Crippen molar-refractivity contribution in [2.24, 2.45) is 0 Å². The van der Waals surface area contributed by atoms with Crippen molar-refractivity contribution >= 4 is 35.1 Å². The van der Waals surface area contributed by atoms with Crippen LogP contribution >= 0.6 is 11.6 Å². The molecule has 17 heteroatoms. The predicted molar refractivity (Wildman–Crippen MR) is 124 cm³/mol. The lowest BCUT2D eigenvalue weighted by Crippen LogP contribution is -2.64. The Kier molecular flexibility index (Phi) is 6.54. The summed E-state index contributed by atoms with van der Waals surface area (Å²) < 4.78 is 139. The topological polar surface area (TPSA) is 85.3 Å². The number of benzene rings is 2. The molecule has 2 N–H and O–H groups in total. The first-order valence-corrected chi connectivity index (χ1v) is 11.5. The number of hydrogen-bond donors (Lipinski definition) is 2. The first-order chi connectivity index (χ1) is 19.6. The standard InChI is InChI=1S/C23H19ClF8N4O4/c1-34(14-3-2-13(25)16(24)17(14)26)20(38)40-18-12(23(30,31)32)6-11(22(27,28)29)7-15(18)36-5-4-35(19(36)37)10-21(39)8-33-9-21/h2-3,6-7,33,39H,4-5,8-10H2,1H3/i1D3. The molecule has 0 bridgehead atoms. The van der Waals surface area contributed by atoms with Crippen LogP contribution in [-0.4, -0.2) is 67.4 Å². The van der Waals surface area contributed by atoms with Crippen LogP contribution in [0.3, 0.4) is 0 Å². The van der Waals surface area contributed by atoms with E-state index >= 15 is 0 Å². The molecule has 0 saturated carbocycles. The van der Waals surface area contributed by atoms with Gasteiger partial charge in [-0.05, 0) is 24.3 Å². The molecule has 4 rings (SSSR count). The number of halogens is 9. The molecule has 2 aliphatic rings. The minimum absolute atomic E-state index is 0.0519. The quantitative estimate of drug-likeness (QED) is 0.376. The van der Waals surface area contributed by atoms with Gasteiger partial charge in [-0.2, -0.15) is 26.3 Å². The molecular weight excluding hydrogens is 584 g/mol. The molecule has 8 nitrogen and oxygen atoms in total. The number of hydrogen-bond acceptors (Lipinski definition) is 5. The number of nitrogens with zero attached hydrogens (tertiary/aromatic N) is 3. The van der Waals surface area contributed by atoms with Crippen LogP contribution < -0.4 is 19.9 Å². The number of aliphatic hydroxyl groups is 1. The third-order valence-electron chi connectivity index (χ3n) is 6.11. The molecule has 0 aromatic heterocycles. The van der Waals surface area contributed by atoms with Gasteiger partial charge < -0.3 is 20.1 Å². The molecule has 0 atom stereocenters. The summed E-state index contributed by atoms with van der Waals surface area (Å²) in [6.07, 6.45) is -13.3. The maximum atomic E-state index is 14.7. The van der Waals surface area contributed by atoms with Crippen LogP contribution in [0.2, 0.25) is 5.02 Å². The Morgan fingerprint density at radius 1 is 1.18 bits per heavy atom. The molecule has 40 heavy (non-hydrogen) atoms. The first kappa shape index (κ1) is 25.6. The molecule has 2 heterocycles. The number of rotatable bonds is 5. The molecule has 2 saturated heterocycles. The average molecular weight is 606 g/mol. The molecule has 218 valence electrons. The van der Waals surface area contributed by atoms with E-state index in [1.165, 1.54) is 0 Å². The number of carbonyl (C=O) groups excluding carboxylic acids is 2. The lowest BCUT2D eigenvalue weighted by molar-refractivity contribution is -0.143. The number of nitrogens with one attached hydrogen (secondary N) is 1. The number of ether oxygens (including phenoxy) is 1. The number of β-amino-alcohol motifs (C(OH)–C–C–N with tert-alkyl or cyclic N) is 1. The number of amides is 3. The SMILES string of the molecule is [2H]C([2H])([2H])N(C(=O)Oc1c(N2CCN(CC3(O)CNC3)C2=O)cc(C(F)(F)F)cc1C(F)(F)F)c1ccc(F)c(Cl)c1F. The van der Waals surface area contributed by atoms with Gasteiger partial charge in [-0.25, -0.2) is 18.4 Å². The molecule has 3 amide bonds. The van der Waals surface area contributed by atoms with Crippen molar-refractivity contribution in [3.8, 4) is 5.75 Å². The Labute approximate surface area is 229 Å². The second kappa shape index (κ2) is 10.2. The number of alkyl halides is 6. The van der Waals surface area contributed by atoms with E-state index in [4.69, 9.17) is 20.5 Å². The number of urea groups is 1. The van der Waals surface area contributed by atoms with Gasteiger partial charge in [-0.15, -0.1) is 0 Å². The van der Waals surface area contributed by atoms with Gasteiger partial charge in [0.1, 0.15) is 22.0 Å². The average Bonchev–Trinajstić information content (AvgIpc) is 3.20. The largest absolute Gasteiger partial charge is 0.420 e. The smallest absolute Gasteiger partial charge is 0.407 e. The highest BCUT2D eigenvalue weighted by molar-refractivity contribution is 6.31. The summed E-state index contributed by atoms with van der Waals surface area (Å²) in [4.78, 5) is 27.1. The molecule has 2 fully saturated rings. The Balaban J connectivity index is 1.85. The first-order valence-electron chi connectivity index (χ1n) is 12.6. The summed E-state index contributed by atoms with van der Waals surface area (Å²) in [6.45, 7) is -4.75. The Morgan fingerprint density at radius 2 is 1.85 bits per heavy atom. The summed E-state index contributed by atoms with van der Waals surface area (Å²) in [6, 6.07) is -0.616. The van der Waals surface area contributed by atoms with E-state index in [0.717, 1.165) is 4.90 Å². The lowest BCUT2D eigenvalue weighted by atomic mass is 9.97. The zero-order chi connectivity index (χ0) is 32.3. The third-order valence-corrected chi connectivity index (χ3v) is 6.46. The highest BCUT2D eigenvalue weighted by Crippen LogP contribution is 2.47. The zero-order valence-corrected chi connectivity index (χ0v) is 20.5. The van der Waals surface area contributed by atoms with E-state index in [-0.39, 0.29) is 32.2 Å². The molecule has 0 unspecified atom stereocenters. The molecule has 2 aromatic rings. The molecule has 0 radical (unpaired) electrons. The zero-order valence-electron chi connectivity index (χ0n) is 22.8. The van der Waals surface area contributed by atoms with E-state index in [9.17, 15) is 49.8 Å². The molecular formula is C23H19ClF8N4O4. The van der Waals surface area contributed by atoms with Gasteiger partial charge in [-0.1, -0.05) is 11.6 Å². The van der Waals surface area contributed by atoms with E-state index in [1.807, 2.05) is 0 Å². The number of anilines is 2. The van der Waals surface area contributed by atoms with Crippen molar-refractivity contribution in [3.63, 3.8) is 0 Å². The Bertz CT molecular complexity index is 1450. The summed E-state index contributed by atoms with van der Waals surface area (Å²) in [5, 5.41) is 11.8. The summed E-state index contributed by atoms with van der Waals surface area (Å²) in [5.41, 5.74) is -8.00. The maximum Gasteiger partial charge on any atom is 0.420 e. The van der Waals surface area contributed by atoms with Gasteiger partial charge in [0.25, 0.3) is 0 Å². The highest BCUT2D eigenvalue weighted by Gasteiger charge is 2.45. The second-order valence-corrected chi connectivity index (χ2v) is 9.33. The van der Waals surface area contributed by atoms with Crippen LogP contribution in [0.4, 0.5) is 56.1 Å². The van der Waals surface area contributed by atoms with Gasteiger partial charge in [0.2, 0.25) is 0 Å². The minimum atomic E-state index is -5.67. The molecule has 2 aromatic carbocycles. The van der Waals surface area contributed by atoms with Gasteiger partial charge in [-0.3, -0.25) is 9.80 Å². The van der Waals surface area contributed by atoms with Gasteiger partial charge in [0, 0.05) is 37.3 Å². The minimum Gasteiger partial charge on any atom is -0.407 e. The van der Waals surface area contributed by atoms with E-state index in [0.29, 0.717) is 17.0 Å².